The molecule has 4 nitrogen and oxygen atoms in total. The molecule has 1 atom stereocenters. The van der Waals surface area contributed by atoms with E-state index in [0.717, 1.165) is 22.1 Å². The molecule has 1 amide bonds. The van der Waals surface area contributed by atoms with Crippen LogP contribution in [-0.4, -0.2) is 40.9 Å². The van der Waals surface area contributed by atoms with Crippen molar-refractivity contribution >= 4 is 27.4 Å². The summed E-state index contributed by atoms with van der Waals surface area (Å²) in [6.45, 7) is 3.40. The van der Waals surface area contributed by atoms with Gasteiger partial charge in [-0.1, -0.05) is 0 Å². The van der Waals surface area contributed by atoms with Crippen molar-refractivity contribution < 1.29 is 4.79 Å². The normalized spacial score (nSPS) is 28.0. The van der Waals surface area contributed by atoms with Gasteiger partial charge in [0, 0.05) is 40.5 Å². The molecule has 3 saturated heterocycles. The van der Waals surface area contributed by atoms with Crippen LogP contribution in [0.25, 0.3) is 5.52 Å². The molecule has 3 aliphatic rings. The van der Waals surface area contributed by atoms with Crippen LogP contribution < -0.4 is 5.32 Å². The monoisotopic (exact) mass is 347 g/mol. The quantitative estimate of drug-likeness (QED) is 0.906. The summed E-state index contributed by atoms with van der Waals surface area (Å²) >= 11 is 3.46. The van der Waals surface area contributed by atoms with Gasteiger partial charge in [0.05, 0.1) is 0 Å². The number of pyridine rings is 1. The Kier molecular flexibility index (Phi) is 3.27. The van der Waals surface area contributed by atoms with Crippen LogP contribution in [0.1, 0.15) is 23.2 Å². The van der Waals surface area contributed by atoms with E-state index in [4.69, 9.17) is 0 Å². The van der Waals surface area contributed by atoms with Crippen LogP contribution >= 0.6 is 15.9 Å². The largest absolute Gasteiger partial charge is 0.348 e. The van der Waals surface area contributed by atoms with E-state index in [-0.39, 0.29) is 5.91 Å². The minimum atomic E-state index is 0.0496. The molecule has 0 unspecified atom stereocenters. The van der Waals surface area contributed by atoms with Gasteiger partial charge in [0.2, 0.25) is 0 Å². The summed E-state index contributed by atoms with van der Waals surface area (Å²) in [5.74, 6) is 0.707. The number of nitrogens with one attached hydrogen (secondary N) is 1. The van der Waals surface area contributed by atoms with Gasteiger partial charge in [-0.2, -0.15) is 0 Å². The first-order chi connectivity index (χ1) is 10.2. The number of halogens is 1. The van der Waals surface area contributed by atoms with Gasteiger partial charge < -0.3 is 14.6 Å². The van der Waals surface area contributed by atoms with Gasteiger partial charge in [0.1, 0.15) is 0 Å². The molecule has 0 aliphatic carbocycles. The molecule has 0 spiro atoms. The summed E-state index contributed by atoms with van der Waals surface area (Å²) in [7, 11) is 0. The first-order valence-electron chi connectivity index (χ1n) is 7.49. The lowest BCUT2D eigenvalue weighted by atomic mass is 9.84. The van der Waals surface area contributed by atoms with Crippen LogP contribution in [0.2, 0.25) is 0 Å². The Hall–Kier alpha value is -1.33. The summed E-state index contributed by atoms with van der Waals surface area (Å²) in [6.07, 6.45) is 6.36. The number of hydrogen-bond donors (Lipinski definition) is 1. The van der Waals surface area contributed by atoms with Crippen LogP contribution in [-0.2, 0) is 0 Å². The minimum absolute atomic E-state index is 0.0496. The van der Waals surface area contributed by atoms with E-state index in [2.05, 4.69) is 26.1 Å². The molecule has 3 fully saturated rings. The maximum atomic E-state index is 12.5. The lowest BCUT2D eigenvalue weighted by molar-refractivity contribution is 0.0620. The molecule has 21 heavy (non-hydrogen) atoms. The first-order valence-corrected chi connectivity index (χ1v) is 8.29. The molecule has 0 saturated carbocycles. The van der Waals surface area contributed by atoms with E-state index >= 15 is 0 Å². The molecule has 110 valence electrons. The smallest absolute Gasteiger partial charge is 0.251 e. The highest BCUT2D eigenvalue weighted by molar-refractivity contribution is 9.10. The van der Waals surface area contributed by atoms with Crippen molar-refractivity contribution in [2.24, 2.45) is 5.92 Å². The number of carbonyl (C=O) groups is 1. The molecule has 2 aromatic heterocycles. The Morgan fingerprint density at radius 3 is 2.81 bits per heavy atom. The maximum Gasteiger partial charge on any atom is 0.251 e. The van der Waals surface area contributed by atoms with Crippen molar-refractivity contribution in [3.63, 3.8) is 0 Å². The van der Waals surface area contributed by atoms with Gasteiger partial charge >= 0.3 is 0 Å². The van der Waals surface area contributed by atoms with E-state index in [0.29, 0.717) is 12.0 Å². The summed E-state index contributed by atoms with van der Waals surface area (Å²) in [6, 6.07) is 6.16. The van der Waals surface area contributed by atoms with Crippen molar-refractivity contribution in [3.8, 4) is 0 Å². The van der Waals surface area contributed by atoms with Crippen molar-refractivity contribution in [1.29, 1.82) is 0 Å². The number of amides is 1. The van der Waals surface area contributed by atoms with Gasteiger partial charge in [-0.3, -0.25) is 4.79 Å². The zero-order valence-corrected chi connectivity index (χ0v) is 13.3. The second-order valence-electron chi connectivity index (χ2n) is 6.12. The molecule has 3 aliphatic heterocycles. The number of aromatic nitrogens is 1. The molecule has 0 radical (unpaired) electrons. The molecule has 5 heterocycles. The molecule has 2 aromatic rings. The minimum Gasteiger partial charge on any atom is -0.348 e. The predicted octanol–water partition coefficient (Wildman–Crippen LogP) is 2.53. The SMILES string of the molecule is O=C(N[C@H]1CN2CCC1CC2)c1ccn2cc(Br)cc2c1. The zero-order chi connectivity index (χ0) is 14.4. The van der Waals surface area contributed by atoms with Gasteiger partial charge in [-0.05, 0) is 66.0 Å². The predicted molar refractivity (Wildman–Crippen MR) is 85.5 cm³/mol. The van der Waals surface area contributed by atoms with E-state index in [9.17, 15) is 4.79 Å². The average molecular weight is 348 g/mol. The van der Waals surface area contributed by atoms with Crippen molar-refractivity contribution in [2.45, 2.75) is 18.9 Å². The Balaban J connectivity index is 1.53. The average Bonchev–Trinajstić information content (AvgIpc) is 2.87. The van der Waals surface area contributed by atoms with Crippen LogP contribution in [0.5, 0.6) is 0 Å². The maximum absolute atomic E-state index is 12.5. The number of nitrogens with zero attached hydrogens (tertiary/aromatic N) is 2. The van der Waals surface area contributed by atoms with Gasteiger partial charge in [0.25, 0.3) is 5.91 Å². The third-order valence-electron chi connectivity index (χ3n) is 4.80. The topological polar surface area (TPSA) is 36.8 Å². The Morgan fingerprint density at radius 1 is 1.29 bits per heavy atom. The van der Waals surface area contributed by atoms with Crippen LogP contribution in [0.4, 0.5) is 0 Å². The summed E-state index contributed by atoms with van der Waals surface area (Å²) in [4.78, 5) is 14.9. The second kappa shape index (κ2) is 5.14. The van der Waals surface area contributed by atoms with Crippen LogP contribution in [0, 0.1) is 5.92 Å². The fourth-order valence-corrected chi connectivity index (χ4v) is 4.05. The van der Waals surface area contributed by atoms with Crippen molar-refractivity contribution in [3.05, 3.63) is 40.6 Å². The molecule has 0 aromatic carbocycles. The molecular weight excluding hydrogens is 330 g/mol. The molecular formula is C16H18BrN3O. The van der Waals surface area contributed by atoms with Gasteiger partial charge in [-0.25, -0.2) is 0 Å². The van der Waals surface area contributed by atoms with Gasteiger partial charge in [0.15, 0.2) is 0 Å². The number of hydrogen-bond acceptors (Lipinski definition) is 2. The van der Waals surface area contributed by atoms with Crippen LogP contribution in [0.15, 0.2) is 35.1 Å². The van der Waals surface area contributed by atoms with E-state index in [1.165, 1.54) is 25.9 Å². The van der Waals surface area contributed by atoms with E-state index in [1.807, 2.05) is 35.0 Å². The number of carbonyl (C=O) groups excluding carboxylic acids is 1. The lowest BCUT2D eigenvalue weighted by Crippen LogP contribution is -2.57. The Morgan fingerprint density at radius 2 is 2.10 bits per heavy atom. The molecule has 2 bridgehead atoms. The lowest BCUT2D eigenvalue weighted by Gasteiger charge is -2.44. The molecule has 5 rings (SSSR count). The summed E-state index contributed by atoms with van der Waals surface area (Å²) in [5.41, 5.74) is 1.77. The number of piperidine rings is 3. The second-order valence-corrected chi connectivity index (χ2v) is 7.04. The van der Waals surface area contributed by atoms with E-state index in [1.54, 1.807) is 0 Å². The van der Waals surface area contributed by atoms with E-state index < -0.39 is 0 Å². The molecule has 5 heteroatoms. The highest BCUT2D eigenvalue weighted by Crippen LogP contribution is 2.27. The van der Waals surface area contributed by atoms with Crippen molar-refractivity contribution in [1.82, 2.24) is 14.6 Å². The van der Waals surface area contributed by atoms with Crippen LogP contribution in [0.3, 0.4) is 0 Å². The van der Waals surface area contributed by atoms with Crippen molar-refractivity contribution in [2.75, 3.05) is 19.6 Å². The highest BCUT2D eigenvalue weighted by atomic mass is 79.9. The zero-order valence-electron chi connectivity index (χ0n) is 11.8. The standard InChI is InChI=1S/C16H18BrN3O/c17-13-8-14-7-12(3-6-20(14)9-13)16(21)18-15-10-19-4-1-11(15)2-5-19/h3,6-9,11,15H,1-2,4-5,10H2,(H,18,21)/t15-/m0/s1. The fraction of sp³-hybridized carbons (Fsp3) is 0.438. The highest BCUT2D eigenvalue weighted by Gasteiger charge is 2.34. The Labute approximate surface area is 132 Å². The number of rotatable bonds is 2. The third-order valence-corrected chi connectivity index (χ3v) is 5.23. The molecule has 1 N–H and O–H groups in total. The van der Waals surface area contributed by atoms with Gasteiger partial charge in [-0.15, -0.1) is 0 Å². The summed E-state index contributed by atoms with van der Waals surface area (Å²) in [5, 5.41) is 3.24. The Bertz CT molecular complexity index is 688. The summed E-state index contributed by atoms with van der Waals surface area (Å²) < 4.78 is 3.03. The fourth-order valence-electron chi connectivity index (χ4n) is 3.60. The number of fused-ring (bicyclic) bond motifs is 4. The third kappa shape index (κ3) is 2.49. The first kappa shape index (κ1) is 13.3.